The maximum atomic E-state index is 12.3. The topological polar surface area (TPSA) is 287 Å². The van der Waals surface area contributed by atoms with E-state index in [1.165, 1.54) is 12.1 Å². The molecule has 0 spiro atoms. The Balaban J connectivity index is 0.00000325. The standard InChI is InChI=1S/C34H27N9O7S2.2Na/c35-22-10-15-27(26(36)18-22)41-38-24-11-6-19(7-12-24)20-8-13-25(14-9-20)40-42-32-28(51(45,46)47)16-21-17-29(52(48,49)50)33(34(44)30(21)31(32)37)43-39-23-4-2-1-3-5-23;;/h1-18,44H,35-37H2,(H,45,46,47)(H,48,49,50);;/q;2*+1/p-2. The monoisotopic (exact) mass is 781 g/mol. The van der Waals surface area contributed by atoms with Crippen molar-refractivity contribution in [2.75, 3.05) is 17.2 Å². The van der Waals surface area contributed by atoms with Crippen LogP contribution < -0.4 is 76.3 Å². The fourth-order valence-electron chi connectivity index (χ4n) is 5.02. The summed E-state index contributed by atoms with van der Waals surface area (Å²) < 4.78 is 73.4. The quantitative estimate of drug-likeness (QED) is 0.0716. The number of benzene rings is 6. The van der Waals surface area contributed by atoms with E-state index in [0.29, 0.717) is 22.7 Å². The molecule has 0 radical (unpaired) electrons. The summed E-state index contributed by atoms with van der Waals surface area (Å²) in [4.78, 5) is -2.00. The van der Waals surface area contributed by atoms with E-state index in [1.54, 1.807) is 72.8 Å². The Bertz CT molecular complexity index is 2660. The van der Waals surface area contributed by atoms with Gasteiger partial charge in [0.25, 0.3) is 0 Å². The maximum Gasteiger partial charge on any atom is 1.00 e. The average molecular weight is 782 g/mol. The van der Waals surface area contributed by atoms with Crippen LogP contribution in [0.2, 0.25) is 0 Å². The second-order valence-electron chi connectivity index (χ2n) is 11.1. The number of rotatable bonds is 9. The van der Waals surface area contributed by atoms with Crippen LogP contribution in [0.1, 0.15) is 0 Å². The van der Waals surface area contributed by atoms with Crippen molar-refractivity contribution in [3.05, 3.63) is 109 Å². The predicted molar refractivity (Wildman–Crippen MR) is 192 cm³/mol. The van der Waals surface area contributed by atoms with E-state index >= 15 is 0 Å². The van der Waals surface area contributed by atoms with Crippen molar-refractivity contribution < 1.29 is 90.2 Å². The molecule has 6 aromatic rings. The van der Waals surface area contributed by atoms with Crippen LogP contribution in [-0.2, 0) is 20.2 Å². The third kappa shape index (κ3) is 9.54. The zero-order chi connectivity index (χ0) is 37.2. The molecule has 0 aromatic heterocycles. The van der Waals surface area contributed by atoms with Crippen LogP contribution in [0.3, 0.4) is 0 Å². The number of phenols is 1. The van der Waals surface area contributed by atoms with E-state index in [-0.39, 0.29) is 81.3 Å². The van der Waals surface area contributed by atoms with Gasteiger partial charge in [0, 0.05) is 5.69 Å². The van der Waals surface area contributed by atoms with Gasteiger partial charge in [0.2, 0.25) is 0 Å². The maximum absolute atomic E-state index is 12.3. The molecule has 0 saturated heterocycles. The van der Waals surface area contributed by atoms with Crippen molar-refractivity contribution in [2.24, 2.45) is 30.7 Å². The molecule has 0 saturated carbocycles. The van der Waals surface area contributed by atoms with Gasteiger partial charge in [0.05, 0.1) is 43.6 Å². The van der Waals surface area contributed by atoms with Gasteiger partial charge < -0.3 is 31.4 Å². The molecular formula is C34H25N9Na2O7S2. The molecule has 0 atom stereocenters. The van der Waals surface area contributed by atoms with E-state index in [4.69, 9.17) is 17.2 Å². The molecule has 0 amide bonds. The summed E-state index contributed by atoms with van der Waals surface area (Å²) in [7, 11) is -10.6. The molecule has 6 aromatic carbocycles. The zero-order valence-electron chi connectivity index (χ0n) is 28.5. The van der Waals surface area contributed by atoms with E-state index < -0.39 is 52.8 Å². The fourth-order valence-corrected chi connectivity index (χ4v) is 6.32. The van der Waals surface area contributed by atoms with Crippen molar-refractivity contribution in [3.63, 3.8) is 0 Å². The van der Waals surface area contributed by atoms with Crippen molar-refractivity contribution >= 4 is 82.2 Å². The molecule has 0 unspecified atom stereocenters. The average Bonchev–Trinajstić information content (AvgIpc) is 3.10. The number of nitrogen functional groups attached to an aromatic ring is 3. The molecular weight excluding hydrogens is 757 g/mol. The molecule has 54 heavy (non-hydrogen) atoms. The molecule has 0 heterocycles. The fraction of sp³-hybridized carbons (Fsp3) is 0. The second-order valence-corrected chi connectivity index (χ2v) is 13.8. The van der Waals surface area contributed by atoms with Gasteiger partial charge >= 0.3 is 59.1 Å². The summed E-state index contributed by atoms with van der Waals surface area (Å²) >= 11 is 0. The van der Waals surface area contributed by atoms with Gasteiger partial charge in [-0.1, -0.05) is 42.5 Å². The van der Waals surface area contributed by atoms with Crippen LogP contribution in [-0.4, -0.2) is 31.0 Å². The first kappa shape index (κ1) is 42.1. The molecule has 262 valence electrons. The van der Waals surface area contributed by atoms with Crippen molar-refractivity contribution in [1.82, 2.24) is 0 Å². The molecule has 16 nitrogen and oxygen atoms in total. The van der Waals surface area contributed by atoms with Gasteiger partial charge in [-0.05, 0) is 83.2 Å². The molecule has 7 N–H and O–H groups in total. The smallest absolute Gasteiger partial charge is 0.744 e. The Labute approximate surface area is 353 Å². The molecule has 6 rings (SSSR count). The van der Waals surface area contributed by atoms with Crippen LogP contribution in [0, 0.1) is 0 Å². The SMILES string of the molecule is Nc1ccc(N=Nc2ccc(-c3ccc(N=Nc4c(S(=O)(=O)[O-])cc5cc(S(=O)(=O)[O-])c(N=Nc6ccccc6)c(O)c5c4N)cc3)cc2)c(N)c1.[Na+].[Na+]. The number of phenolic OH excluding ortho intramolecular Hbond substituents is 1. The summed E-state index contributed by atoms with van der Waals surface area (Å²) in [5.41, 5.74) is 20.0. The molecule has 0 fully saturated rings. The van der Waals surface area contributed by atoms with E-state index in [1.807, 2.05) is 12.1 Å². The number of nitrogens with zero attached hydrogens (tertiary/aromatic N) is 6. The number of nitrogens with two attached hydrogens (primary N) is 3. The summed E-state index contributed by atoms with van der Waals surface area (Å²) in [6, 6.07) is 28.2. The van der Waals surface area contributed by atoms with Crippen molar-refractivity contribution in [1.29, 1.82) is 0 Å². The van der Waals surface area contributed by atoms with Gasteiger partial charge in [0.1, 0.15) is 37.3 Å². The van der Waals surface area contributed by atoms with E-state index in [0.717, 1.165) is 23.3 Å². The van der Waals surface area contributed by atoms with Crippen molar-refractivity contribution in [2.45, 2.75) is 9.79 Å². The van der Waals surface area contributed by atoms with Gasteiger partial charge in [0.15, 0.2) is 5.75 Å². The number of aromatic hydroxyl groups is 1. The minimum Gasteiger partial charge on any atom is -0.744 e. The Hall–Kier alpha value is -4.60. The third-order valence-corrected chi connectivity index (χ3v) is 9.23. The number of azo groups is 3. The number of hydrogen-bond donors (Lipinski definition) is 4. The predicted octanol–water partition coefficient (Wildman–Crippen LogP) is 2.02. The molecule has 20 heteroatoms. The number of anilines is 3. The van der Waals surface area contributed by atoms with Crippen LogP contribution in [0.15, 0.2) is 150 Å². The van der Waals surface area contributed by atoms with Gasteiger partial charge in [-0.25, -0.2) is 16.8 Å². The Kier molecular flexibility index (Phi) is 13.5. The second kappa shape index (κ2) is 17.2. The van der Waals surface area contributed by atoms with E-state index in [2.05, 4.69) is 30.7 Å². The van der Waals surface area contributed by atoms with Gasteiger partial charge in [-0.2, -0.15) is 15.3 Å². The molecule has 0 aliphatic rings. The summed E-state index contributed by atoms with van der Waals surface area (Å²) in [6.45, 7) is 0. The summed E-state index contributed by atoms with van der Waals surface area (Å²) in [5.74, 6) is -0.915. The largest absolute Gasteiger partial charge is 1.00 e. The third-order valence-electron chi connectivity index (χ3n) is 7.53. The minimum absolute atomic E-state index is 0. The van der Waals surface area contributed by atoms with Crippen LogP contribution in [0.4, 0.5) is 51.2 Å². The van der Waals surface area contributed by atoms with Gasteiger partial charge in [-0.3, -0.25) is 0 Å². The first-order valence-corrected chi connectivity index (χ1v) is 17.7. The zero-order valence-corrected chi connectivity index (χ0v) is 34.2. The Morgan fingerprint density at radius 2 is 1.00 bits per heavy atom. The normalized spacial score (nSPS) is 12.0. The number of hydrogen-bond acceptors (Lipinski definition) is 16. The molecule has 0 aliphatic carbocycles. The minimum atomic E-state index is -5.30. The molecule has 0 bridgehead atoms. The van der Waals surface area contributed by atoms with Crippen LogP contribution in [0.25, 0.3) is 21.9 Å². The van der Waals surface area contributed by atoms with Crippen LogP contribution in [0.5, 0.6) is 5.75 Å². The van der Waals surface area contributed by atoms with Gasteiger partial charge in [-0.15, -0.1) is 15.3 Å². The summed E-state index contributed by atoms with van der Waals surface area (Å²) in [5, 5.41) is 34.5. The van der Waals surface area contributed by atoms with Crippen molar-refractivity contribution in [3.8, 4) is 16.9 Å². The van der Waals surface area contributed by atoms with E-state index in [9.17, 15) is 31.0 Å². The molecule has 0 aliphatic heterocycles. The summed E-state index contributed by atoms with van der Waals surface area (Å²) in [6.07, 6.45) is 0. The Morgan fingerprint density at radius 3 is 1.50 bits per heavy atom. The Morgan fingerprint density at radius 1 is 0.537 bits per heavy atom. The van der Waals surface area contributed by atoms with Crippen LogP contribution >= 0.6 is 0 Å². The first-order chi connectivity index (χ1) is 24.7. The first-order valence-electron chi connectivity index (χ1n) is 14.9. The number of fused-ring (bicyclic) bond motifs is 1.